The molecule has 0 aliphatic heterocycles. The van der Waals surface area contributed by atoms with Gasteiger partial charge in [-0.15, -0.1) is 0 Å². The Hall–Kier alpha value is -0.940. The van der Waals surface area contributed by atoms with Crippen molar-refractivity contribution < 1.29 is 9.26 Å². The van der Waals surface area contributed by atoms with Gasteiger partial charge in [0.15, 0.2) is 0 Å². The van der Waals surface area contributed by atoms with Crippen LogP contribution in [0.4, 0.5) is 0 Å². The lowest BCUT2D eigenvalue weighted by Crippen LogP contribution is -2.34. The number of nitrogens with one attached hydrogen (secondary N) is 1. The highest BCUT2D eigenvalue weighted by Gasteiger charge is 2.40. The van der Waals surface area contributed by atoms with E-state index in [2.05, 4.69) is 36.2 Å². The molecule has 1 fully saturated rings. The molecule has 1 aromatic heterocycles. The van der Waals surface area contributed by atoms with Gasteiger partial charge in [0, 0.05) is 7.11 Å². The van der Waals surface area contributed by atoms with Gasteiger partial charge in [-0.2, -0.15) is 4.98 Å². The molecule has 1 aromatic rings. The molecule has 2 rings (SSSR count). The second kappa shape index (κ2) is 6.68. The van der Waals surface area contributed by atoms with Crippen LogP contribution in [0.25, 0.3) is 0 Å². The molecule has 0 aromatic carbocycles. The number of methoxy groups -OCH3 is 1. The standard InChI is InChI=1S/C15H27N3O2/c1-11(2)9-16-10-13-17-14(18-20-13)15(19-4)7-5-12(3)6-8-15/h11-12,16H,5-10H2,1-4H3. The maximum atomic E-state index is 5.76. The van der Waals surface area contributed by atoms with Crippen LogP contribution in [0.2, 0.25) is 0 Å². The number of aromatic nitrogens is 2. The Bertz CT molecular complexity index is 409. The van der Waals surface area contributed by atoms with E-state index in [4.69, 9.17) is 9.26 Å². The molecule has 1 N–H and O–H groups in total. The molecule has 0 spiro atoms. The monoisotopic (exact) mass is 281 g/mol. The topological polar surface area (TPSA) is 60.2 Å². The van der Waals surface area contributed by atoms with E-state index in [-0.39, 0.29) is 5.60 Å². The lowest BCUT2D eigenvalue weighted by Gasteiger charge is -2.35. The third-order valence-corrected chi connectivity index (χ3v) is 4.18. The van der Waals surface area contributed by atoms with Crippen molar-refractivity contribution in [3.05, 3.63) is 11.7 Å². The molecule has 0 unspecified atom stereocenters. The number of ether oxygens (including phenoxy) is 1. The van der Waals surface area contributed by atoms with E-state index in [1.807, 2.05) is 0 Å². The van der Waals surface area contributed by atoms with Gasteiger partial charge in [-0.05, 0) is 44.1 Å². The largest absolute Gasteiger partial charge is 0.370 e. The summed E-state index contributed by atoms with van der Waals surface area (Å²) in [5.41, 5.74) is -0.341. The van der Waals surface area contributed by atoms with Crippen molar-refractivity contribution in [1.82, 2.24) is 15.5 Å². The van der Waals surface area contributed by atoms with Crippen LogP contribution in [0, 0.1) is 11.8 Å². The first-order valence-electron chi connectivity index (χ1n) is 7.64. The molecule has 0 radical (unpaired) electrons. The van der Waals surface area contributed by atoms with E-state index in [1.54, 1.807) is 7.11 Å². The summed E-state index contributed by atoms with van der Waals surface area (Å²) in [4.78, 5) is 4.53. The summed E-state index contributed by atoms with van der Waals surface area (Å²) >= 11 is 0. The zero-order valence-electron chi connectivity index (χ0n) is 13.1. The molecule has 1 aliphatic rings. The summed E-state index contributed by atoms with van der Waals surface area (Å²) in [6.45, 7) is 8.22. The summed E-state index contributed by atoms with van der Waals surface area (Å²) in [6, 6.07) is 0. The molecule has 1 saturated carbocycles. The molecule has 5 heteroatoms. The highest BCUT2D eigenvalue weighted by molar-refractivity contribution is 5.03. The van der Waals surface area contributed by atoms with Gasteiger partial charge in [-0.3, -0.25) is 0 Å². The second-order valence-corrected chi connectivity index (χ2v) is 6.42. The van der Waals surface area contributed by atoms with E-state index in [0.29, 0.717) is 24.2 Å². The first-order chi connectivity index (χ1) is 9.55. The molecular formula is C15H27N3O2. The van der Waals surface area contributed by atoms with Gasteiger partial charge >= 0.3 is 0 Å². The zero-order valence-corrected chi connectivity index (χ0v) is 13.1. The van der Waals surface area contributed by atoms with Crippen molar-refractivity contribution in [2.45, 2.75) is 58.6 Å². The normalized spacial score (nSPS) is 27.1. The number of hydrogen-bond donors (Lipinski definition) is 1. The van der Waals surface area contributed by atoms with Gasteiger partial charge in [0.1, 0.15) is 5.60 Å². The molecule has 0 amide bonds. The Labute approximate surface area is 121 Å². The van der Waals surface area contributed by atoms with E-state index in [9.17, 15) is 0 Å². The van der Waals surface area contributed by atoms with Crippen molar-refractivity contribution in [3.8, 4) is 0 Å². The van der Waals surface area contributed by atoms with E-state index >= 15 is 0 Å². The molecule has 1 aliphatic carbocycles. The van der Waals surface area contributed by atoms with Crippen LogP contribution in [0.15, 0.2) is 4.52 Å². The van der Waals surface area contributed by atoms with Crippen LogP contribution in [0.1, 0.15) is 58.2 Å². The summed E-state index contributed by atoms with van der Waals surface area (Å²) < 4.78 is 11.1. The van der Waals surface area contributed by atoms with Crippen LogP contribution in [-0.2, 0) is 16.9 Å². The van der Waals surface area contributed by atoms with Crippen LogP contribution < -0.4 is 5.32 Å². The quantitative estimate of drug-likeness (QED) is 0.868. The average Bonchev–Trinajstić information content (AvgIpc) is 2.89. The highest BCUT2D eigenvalue weighted by Crippen LogP contribution is 2.40. The van der Waals surface area contributed by atoms with E-state index < -0.39 is 0 Å². The average molecular weight is 281 g/mol. The van der Waals surface area contributed by atoms with Crippen LogP contribution >= 0.6 is 0 Å². The highest BCUT2D eigenvalue weighted by atomic mass is 16.5. The minimum Gasteiger partial charge on any atom is -0.370 e. The Morgan fingerprint density at radius 2 is 2.10 bits per heavy atom. The van der Waals surface area contributed by atoms with E-state index in [0.717, 1.165) is 38.1 Å². The van der Waals surface area contributed by atoms with Crippen LogP contribution in [-0.4, -0.2) is 23.8 Å². The van der Waals surface area contributed by atoms with Gasteiger partial charge in [0.05, 0.1) is 6.54 Å². The Balaban J connectivity index is 1.99. The zero-order chi connectivity index (χ0) is 14.6. The third-order valence-electron chi connectivity index (χ3n) is 4.18. The number of rotatable bonds is 6. The minimum absolute atomic E-state index is 0.341. The third kappa shape index (κ3) is 3.58. The molecule has 0 bridgehead atoms. The van der Waals surface area contributed by atoms with Crippen LogP contribution in [0.3, 0.4) is 0 Å². The molecule has 1 heterocycles. The van der Waals surface area contributed by atoms with Gasteiger partial charge in [-0.1, -0.05) is 25.9 Å². The van der Waals surface area contributed by atoms with Crippen LogP contribution in [0.5, 0.6) is 0 Å². The maximum absolute atomic E-state index is 5.76. The summed E-state index contributed by atoms with van der Waals surface area (Å²) in [7, 11) is 1.75. The summed E-state index contributed by atoms with van der Waals surface area (Å²) in [5.74, 6) is 2.74. The molecule has 114 valence electrons. The lowest BCUT2D eigenvalue weighted by atomic mass is 9.79. The fraction of sp³-hybridized carbons (Fsp3) is 0.867. The smallest absolute Gasteiger partial charge is 0.240 e. The molecule has 0 atom stereocenters. The van der Waals surface area contributed by atoms with Crippen molar-refractivity contribution >= 4 is 0 Å². The Morgan fingerprint density at radius 1 is 1.40 bits per heavy atom. The van der Waals surface area contributed by atoms with Crippen molar-refractivity contribution in [3.63, 3.8) is 0 Å². The van der Waals surface area contributed by atoms with Crippen molar-refractivity contribution in [2.75, 3.05) is 13.7 Å². The maximum Gasteiger partial charge on any atom is 0.240 e. The van der Waals surface area contributed by atoms with E-state index in [1.165, 1.54) is 0 Å². The minimum atomic E-state index is -0.341. The van der Waals surface area contributed by atoms with Crippen molar-refractivity contribution in [1.29, 1.82) is 0 Å². The fourth-order valence-corrected chi connectivity index (χ4v) is 2.73. The van der Waals surface area contributed by atoms with Crippen molar-refractivity contribution in [2.24, 2.45) is 11.8 Å². The molecular weight excluding hydrogens is 254 g/mol. The fourth-order valence-electron chi connectivity index (χ4n) is 2.73. The van der Waals surface area contributed by atoms with Gasteiger partial charge in [0.25, 0.3) is 0 Å². The van der Waals surface area contributed by atoms with Gasteiger partial charge in [-0.25, -0.2) is 0 Å². The SMILES string of the molecule is COC1(c2noc(CNCC(C)C)n2)CCC(C)CC1. The Morgan fingerprint density at radius 3 is 2.70 bits per heavy atom. The first kappa shape index (κ1) is 15.4. The first-order valence-corrected chi connectivity index (χ1v) is 7.64. The summed E-state index contributed by atoms with van der Waals surface area (Å²) in [6.07, 6.45) is 4.26. The molecule has 5 nitrogen and oxygen atoms in total. The summed E-state index contributed by atoms with van der Waals surface area (Å²) in [5, 5.41) is 7.47. The number of nitrogens with zero attached hydrogens (tertiary/aromatic N) is 2. The predicted octanol–water partition coefficient (Wildman–Crippen LogP) is 2.87. The molecule has 20 heavy (non-hydrogen) atoms. The lowest BCUT2D eigenvalue weighted by molar-refractivity contribution is -0.0609. The van der Waals surface area contributed by atoms with Gasteiger partial charge in [0.2, 0.25) is 11.7 Å². The predicted molar refractivity (Wildman–Crippen MR) is 77.2 cm³/mol. The second-order valence-electron chi connectivity index (χ2n) is 6.42. The Kier molecular flexibility index (Phi) is 5.16. The van der Waals surface area contributed by atoms with Gasteiger partial charge < -0.3 is 14.6 Å². The number of hydrogen-bond acceptors (Lipinski definition) is 5. The molecule has 0 saturated heterocycles.